The maximum absolute atomic E-state index is 13.0. The van der Waals surface area contributed by atoms with Crippen molar-refractivity contribution in [3.63, 3.8) is 0 Å². The topological polar surface area (TPSA) is 95.9 Å². The largest absolute Gasteiger partial charge is 0.469 e. The van der Waals surface area contributed by atoms with Crippen LogP contribution in [0.2, 0.25) is 0 Å². The summed E-state index contributed by atoms with van der Waals surface area (Å²) >= 11 is 0. The number of aliphatic hydroxyl groups excluding tert-OH is 2. The van der Waals surface area contributed by atoms with Crippen LogP contribution in [0.4, 0.5) is 0 Å². The van der Waals surface area contributed by atoms with E-state index in [1.54, 1.807) is 0 Å². The predicted molar refractivity (Wildman–Crippen MR) is 209 cm³/mol. The normalized spacial score (nSPS) is 35.0. The van der Waals surface area contributed by atoms with E-state index < -0.39 is 0 Å². The lowest BCUT2D eigenvalue weighted by atomic mass is 9.43. The molecule has 0 aliphatic heterocycles. The highest BCUT2D eigenvalue weighted by Crippen LogP contribution is 2.68. The standard InChI is InChI=1S/C45H81NO5/c1-6-7-8-9-10-11-12-13-14-15-16-17-18-19-20-21-22-23-41(49)46-35-28-29-44(3)34(30-35)31-39(47)43-37-26-25-36(33(2)24-27-42(50)51-5)45(37,4)40(48)32-38(43)44/h33-40,43,47-48H,6-32H2,1-5H3,(H,46,49)/t33-,34?,35+,36-,37?,38?,39?,40+,43?,44+,45-/m1/s1. The summed E-state index contributed by atoms with van der Waals surface area (Å²) in [6, 6.07) is 0.204. The minimum atomic E-state index is -0.387. The lowest BCUT2D eigenvalue weighted by Gasteiger charge is -2.63. The van der Waals surface area contributed by atoms with Gasteiger partial charge in [-0.3, -0.25) is 9.59 Å². The smallest absolute Gasteiger partial charge is 0.305 e. The first kappa shape index (κ1) is 42.6. The van der Waals surface area contributed by atoms with Crippen molar-refractivity contribution in [1.82, 2.24) is 5.32 Å². The Morgan fingerprint density at radius 1 is 0.745 bits per heavy atom. The quantitative estimate of drug-likeness (QED) is 0.0723. The fourth-order valence-corrected chi connectivity index (χ4v) is 12.2. The maximum Gasteiger partial charge on any atom is 0.305 e. The van der Waals surface area contributed by atoms with Crippen molar-refractivity contribution in [2.24, 2.45) is 46.3 Å². The van der Waals surface area contributed by atoms with E-state index in [4.69, 9.17) is 4.74 Å². The summed E-state index contributed by atoms with van der Waals surface area (Å²) in [4.78, 5) is 24.8. The van der Waals surface area contributed by atoms with E-state index in [0.717, 1.165) is 64.2 Å². The Bertz CT molecular complexity index is 1030. The number of amides is 1. The van der Waals surface area contributed by atoms with Crippen LogP contribution >= 0.6 is 0 Å². The Hall–Kier alpha value is -1.14. The van der Waals surface area contributed by atoms with Crippen LogP contribution in [0.1, 0.15) is 201 Å². The van der Waals surface area contributed by atoms with E-state index in [0.29, 0.717) is 42.4 Å². The molecule has 4 saturated carbocycles. The molecule has 4 rings (SSSR count). The number of ether oxygens (including phenoxy) is 1. The second-order valence-corrected chi connectivity index (χ2v) is 18.6. The molecule has 0 aromatic heterocycles. The van der Waals surface area contributed by atoms with Crippen LogP contribution in [0.15, 0.2) is 0 Å². The molecule has 5 unspecified atom stereocenters. The van der Waals surface area contributed by atoms with Crippen LogP contribution in [0.5, 0.6) is 0 Å². The van der Waals surface area contributed by atoms with Crippen molar-refractivity contribution in [1.29, 1.82) is 0 Å². The summed E-state index contributed by atoms with van der Waals surface area (Å²) in [6.45, 7) is 9.26. The average molecular weight is 716 g/mol. The molecule has 4 fully saturated rings. The zero-order chi connectivity index (χ0) is 36.9. The van der Waals surface area contributed by atoms with Crippen LogP contribution < -0.4 is 5.32 Å². The summed E-state index contributed by atoms with van der Waals surface area (Å²) in [7, 11) is 1.45. The van der Waals surface area contributed by atoms with Gasteiger partial charge in [-0.15, -0.1) is 0 Å². The number of fused-ring (bicyclic) bond motifs is 5. The van der Waals surface area contributed by atoms with Crippen LogP contribution in [0.25, 0.3) is 0 Å². The van der Waals surface area contributed by atoms with E-state index >= 15 is 0 Å². The van der Waals surface area contributed by atoms with E-state index in [-0.39, 0.29) is 46.9 Å². The fourth-order valence-electron chi connectivity index (χ4n) is 12.2. The highest BCUT2D eigenvalue weighted by Gasteiger charge is 2.65. The first-order valence-corrected chi connectivity index (χ1v) is 22.3. The molecular formula is C45H81NO5. The molecule has 3 N–H and O–H groups in total. The average Bonchev–Trinajstić information content (AvgIpc) is 3.47. The van der Waals surface area contributed by atoms with Crippen LogP contribution in [0.3, 0.4) is 0 Å². The SMILES string of the molecule is CCCCCCCCCCCCCCCCCCCC(=O)N[C@H]1CC[C@@]2(C)C(CC(O)C3C2C[C@H](O)[C@@]2(C)C3CC[C@@H]2[C@H](C)CCC(=O)OC)C1. The van der Waals surface area contributed by atoms with Crippen molar-refractivity contribution in [2.75, 3.05) is 7.11 Å². The van der Waals surface area contributed by atoms with Gasteiger partial charge in [0.2, 0.25) is 5.91 Å². The second-order valence-electron chi connectivity index (χ2n) is 18.6. The number of carbonyl (C=O) groups excluding carboxylic acids is 2. The number of hydrogen-bond acceptors (Lipinski definition) is 5. The van der Waals surface area contributed by atoms with Crippen LogP contribution in [-0.2, 0) is 14.3 Å². The molecule has 0 saturated heterocycles. The molecule has 1 amide bonds. The number of aliphatic hydroxyl groups is 2. The van der Waals surface area contributed by atoms with Gasteiger partial charge in [-0.2, -0.15) is 0 Å². The van der Waals surface area contributed by atoms with Gasteiger partial charge in [0.05, 0.1) is 19.3 Å². The van der Waals surface area contributed by atoms with Crippen molar-refractivity contribution in [3.05, 3.63) is 0 Å². The molecule has 6 heteroatoms. The molecule has 0 aromatic carbocycles. The third kappa shape index (κ3) is 11.2. The fraction of sp³-hybridized carbons (Fsp3) is 0.956. The minimum Gasteiger partial charge on any atom is -0.469 e. The van der Waals surface area contributed by atoms with Crippen LogP contribution in [0, 0.1) is 46.3 Å². The van der Waals surface area contributed by atoms with E-state index in [1.807, 2.05) is 0 Å². The van der Waals surface area contributed by atoms with Gasteiger partial charge >= 0.3 is 5.97 Å². The molecule has 4 aliphatic carbocycles. The third-order valence-corrected chi connectivity index (χ3v) is 15.5. The predicted octanol–water partition coefficient (Wildman–Crippen LogP) is 10.7. The maximum atomic E-state index is 13.0. The number of esters is 1. The summed E-state index contributed by atoms with van der Waals surface area (Å²) < 4.78 is 4.91. The van der Waals surface area contributed by atoms with Gasteiger partial charge in [0.25, 0.3) is 0 Å². The van der Waals surface area contributed by atoms with E-state index in [1.165, 1.54) is 103 Å². The van der Waals surface area contributed by atoms with Crippen molar-refractivity contribution < 1.29 is 24.5 Å². The Balaban J connectivity index is 1.11. The number of methoxy groups -OCH3 is 1. The van der Waals surface area contributed by atoms with Gasteiger partial charge in [0.1, 0.15) is 0 Å². The van der Waals surface area contributed by atoms with Crippen molar-refractivity contribution >= 4 is 11.9 Å². The number of hydrogen-bond donors (Lipinski definition) is 3. The van der Waals surface area contributed by atoms with Crippen LogP contribution in [-0.4, -0.2) is 47.4 Å². The highest BCUT2D eigenvalue weighted by molar-refractivity contribution is 5.76. The van der Waals surface area contributed by atoms with Gasteiger partial charge in [-0.1, -0.05) is 130 Å². The molecule has 0 radical (unpaired) electrons. The van der Waals surface area contributed by atoms with Crippen molar-refractivity contribution in [3.8, 4) is 0 Å². The summed E-state index contributed by atoms with van der Waals surface area (Å²) in [5.74, 6) is 1.96. The molecule has 11 atom stereocenters. The Morgan fingerprint density at radius 2 is 1.31 bits per heavy atom. The highest BCUT2D eigenvalue weighted by atomic mass is 16.5. The monoisotopic (exact) mass is 716 g/mol. The van der Waals surface area contributed by atoms with Gasteiger partial charge in [0.15, 0.2) is 0 Å². The lowest BCUT2D eigenvalue weighted by molar-refractivity contribution is -0.202. The third-order valence-electron chi connectivity index (χ3n) is 15.5. The van der Waals surface area contributed by atoms with Crippen molar-refractivity contribution in [2.45, 2.75) is 219 Å². The zero-order valence-electron chi connectivity index (χ0n) is 33.9. The molecule has 4 aliphatic rings. The zero-order valence-corrected chi connectivity index (χ0v) is 33.9. The molecule has 51 heavy (non-hydrogen) atoms. The minimum absolute atomic E-state index is 0.0928. The number of carbonyl (C=O) groups is 2. The van der Waals surface area contributed by atoms with Gasteiger partial charge < -0.3 is 20.3 Å². The molecule has 296 valence electrons. The Kier molecular flexibility index (Phi) is 17.6. The number of nitrogens with one attached hydrogen (secondary N) is 1. The molecule has 0 aromatic rings. The number of rotatable bonds is 23. The lowest BCUT2D eigenvalue weighted by Crippen LogP contribution is -2.63. The van der Waals surface area contributed by atoms with Gasteiger partial charge in [0, 0.05) is 18.9 Å². The summed E-state index contributed by atoms with van der Waals surface area (Å²) in [5, 5.41) is 27.1. The van der Waals surface area contributed by atoms with E-state index in [2.05, 4.69) is 33.0 Å². The first-order valence-electron chi connectivity index (χ1n) is 22.3. The summed E-state index contributed by atoms with van der Waals surface area (Å²) in [6.07, 6.45) is 30.7. The second kappa shape index (κ2) is 21.1. The molecule has 6 nitrogen and oxygen atoms in total. The summed E-state index contributed by atoms with van der Waals surface area (Å²) in [5.41, 5.74) is -0.131. The molecule has 0 bridgehead atoms. The van der Waals surface area contributed by atoms with Gasteiger partial charge in [-0.25, -0.2) is 0 Å². The number of unbranched alkanes of at least 4 members (excludes halogenated alkanes) is 16. The molecule has 0 heterocycles. The Labute approximate surface area is 313 Å². The first-order chi connectivity index (χ1) is 24.6. The molecular weight excluding hydrogens is 634 g/mol. The molecule has 0 spiro atoms. The van der Waals surface area contributed by atoms with Gasteiger partial charge in [-0.05, 0) is 104 Å². The Morgan fingerprint density at radius 3 is 1.88 bits per heavy atom. The van der Waals surface area contributed by atoms with E-state index in [9.17, 15) is 19.8 Å².